The highest BCUT2D eigenvalue weighted by atomic mass is 32.2. The molecule has 7 nitrogen and oxygen atoms in total. The molecule has 1 aliphatic rings. The molecule has 1 saturated heterocycles. The number of rotatable bonds is 3. The van der Waals surface area contributed by atoms with Crippen molar-refractivity contribution in [1.29, 1.82) is 0 Å². The van der Waals surface area contributed by atoms with Crippen LogP contribution in [0.25, 0.3) is 5.65 Å². The first-order valence-electron chi connectivity index (χ1n) is 9.53. The lowest BCUT2D eigenvalue weighted by molar-refractivity contribution is 0.488. The van der Waals surface area contributed by atoms with Crippen LogP contribution in [0, 0.1) is 0 Å². The van der Waals surface area contributed by atoms with E-state index in [2.05, 4.69) is 20.1 Å². The van der Waals surface area contributed by atoms with Crippen LogP contribution < -0.4 is 4.90 Å². The van der Waals surface area contributed by atoms with Gasteiger partial charge in [-0.2, -0.15) is 0 Å². The second-order valence-corrected chi connectivity index (χ2v) is 10.9. The summed E-state index contributed by atoms with van der Waals surface area (Å²) in [7, 11) is -3.45. The first-order valence-corrected chi connectivity index (χ1v) is 11.0. The van der Waals surface area contributed by atoms with Gasteiger partial charge in [-0.25, -0.2) is 13.4 Å². The first kappa shape index (κ1) is 18.9. The zero-order chi connectivity index (χ0) is 19.9. The molecule has 1 aliphatic heterocycles. The molecular weight excluding hydrogens is 374 g/mol. The van der Waals surface area contributed by atoms with Crippen molar-refractivity contribution in [2.75, 3.05) is 18.0 Å². The molecule has 28 heavy (non-hydrogen) atoms. The Bertz CT molecular complexity index is 1080. The molecule has 3 aromatic heterocycles. The number of hydrogen-bond acceptors (Lipinski definition) is 6. The largest absolute Gasteiger partial charge is 0.370 e. The maximum atomic E-state index is 12.6. The number of sulfone groups is 1. The van der Waals surface area contributed by atoms with Crippen LogP contribution in [-0.2, 0) is 9.84 Å². The molecule has 0 bridgehead atoms. The maximum absolute atomic E-state index is 12.6. The van der Waals surface area contributed by atoms with E-state index in [-0.39, 0.29) is 10.9 Å². The molecule has 0 aromatic carbocycles. The van der Waals surface area contributed by atoms with Crippen molar-refractivity contribution in [2.45, 2.75) is 49.3 Å². The fourth-order valence-electron chi connectivity index (χ4n) is 3.59. The van der Waals surface area contributed by atoms with Gasteiger partial charge in [-0.05, 0) is 57.9 Å². The van der Waals surface area contributed by atoms with Crippen molar-refractivity contribution >= 4 is 21.2 Å². The molecule has 4 rings (SSSR count). The second kappa shape index (κ2) is 6.84. The number of hydrogen-bond donors (Lipinski definition) is 0. The molecule has 3 aromatic rings. The molecule has 0 saturated carbocycles. The van der Waals surface area contributed by atoms with Crippen LogP contribution in [0.1, 0.15) is 45.4 Å². The maximum Gasteiger partial charge on any atom is 0.200 e. The molecule has 1 unspecified atom stereocenters. The quantitative estimate of drug-likeness (QED) is 0.673. The minimum absolute atomic E-state index is 0.126. The van der Waals surface area contributed by atoms with Crippen molar-refractivity contribution in [3.63, 3.8) is 0 Å². The number of pyridine rings is 2. The highest BCUT2D eigenvalue weighted by Crippen LogP contribution is 2.30. The molecule has 8 heteroatoms. The summed E-state index contributed by atoms with van der Waals surface area (Å²) in [5, 5.41) is 8.81. The van der Waals surface area contributed by atoms with Gasteiger partial charge in [0.25, 0.3) is 0 Å². The molecule has 0 N–H and O–H groups in total. The Morgan fingerprint density at radius 3 is 2.64 bits per heavy atom. The van der Waals surface area contributed by atoms with Gasteiger partial charge < -0.3 is 4.90 Å². The molecule has 0 amide bonds. The summed E-state index contributed by atoms with van der Waals surface area (Å²) in [5.74, 6) is 1.24. The van der Waals surface area contributed by atoms with Crippen molar-refractivity contribution < 1.29 is 8.42 Å². The van der Waals surface area contributed by atoms with Gasteiger partial charge in [0.05, 0.1) is 16.6 Å². The monoisotopic (exact) mass is 399 g/mol. The molecule has 0 spiro atoms. The zero-order valence-corrected chi connectivity index (χ0v) is 17.2. The van der Waals surface area contributed by atoms with Crippen molar-refractivity contribution in [3.05, 3.63) is 48.5 Å². The summed E-state index contributed by atoms with van der Waals surface area (Å²) in [6.45, 7) is 6.80. The Morgan fingerprint density at radius 2 is 1.93 bits per heavy atom. The third-order valence-electron chi connectivity index (χ3n) is 5.29. The van der Waals surface area contributed by atoms with Gasteiger partial charge in [-0.1, -0.05) is 6.07 Å². The summed E-state index contributed by atoms with van der Waals surface area (Å²) in [6, 6.07) is 9.37. The average molecular weight is 400 g/mol. The van der Waals surface area contributed by atoms with Gasteiger partial charge >= 0.3 is 0 Å². The lowest BCUT2D eigenvalue weighted by Gasteiger charge is -2.33. The normalized spacial score (nSPS) is 18.5. The van der Waals surface area contributed by atoms with E-state index >= 15 is 0 Å². The van der Waals surface area contributed by atoms with Crippen molar-refractivity contribution in [2.24, 2.45) is 0 Å². The lowest BCUT2D eigenvalue weighted by Crippen LogP contribution is -2.35. The van der Waals surface area contributed by atoms with Crippen molar-refractivity contribution in [3.8, 4) is 0 Å². The van der Waals surface area contributed by atoms with Crippen LogP contribution in [0.2, 0.25) is 0 Å². The van der Waals surface area contributed by atoms with Crippen LogP contribution in [0.5, 0.6) is 0 Å². The zero-order valence-electron chi connectivity index (χ0n) is 16.4. The fraction of sp³-hybridized carbons (Fsp3) is 0.450. The van der Waals surface area contributed by atoms with Crippen LogP contribution >= 0.6 is 0 Å². The summed E-state index contributed by atoms with van der Waals surface area (Å²) in [5.41, 5.74) is 1.79. The van der Waals surface area contributed by atoms with E-state index in [1.165, 1.54) is 0 Å². The Labute approximate surface area is 165 Å². The summed E-state index contributed by atoms with van der Waals surface area (Å²) in [6.07, 6.45) is 5.75. The van der Waals surface area contributed by atoms with Gasteiger partial charge in [0, 0.05) is 25.2 Å². The van der Waals surface area contributed by atoms with Crippen LogP contribution in [0.15, 0.2) is 47.8 Å². The molecule has 4 heterocycles. The highest BCUT2D eigenvalue weighted by Gasteiger charge is 2.32. The molecule has 148 valence electrons. The van der Waals surface area contributed by atoms with Gasteiger partial charge in [0.1, 0.15) is 5.82 Å². The Morgan fingerprint density at radius 1 is 1.11 bits per heavy atom. The molecular formula is C20H25N5O2S. The lowest BCUT2D eigenvalue weighted by atomic mass is 9.97. The molecule has 0 aliphatic carbocycles. The average Bonchev–Trinajstić information content (AvgIpc) is 3.11. The van der Waals surface area contributed by atoms with Gasteiger partial charge in [-0.3, -0.25) is 4.40 Å². The number of nitrogens with zero attached hydrogens (tertiary/aromatic N) is 5. The van der Waals surface area contributed by atoms with Crippen LogP contribution in [-0.4, -0.2) is 45.8 Å². The summed E-state index contributed by atoms with van der Waals surface area (Å²) >= 11 is 0. The second-order valence-electron chi connectivity index (χ2n) is 8.24. The number of piperidine rings is 1. The van der Waals surface area contributed by atoms with Gasteiger partial charge in [0.2, 0.25) is 0 Å². The van der Waals surface area contributed by atoms with E-state index in [4.69, 9.17) is 0 Å². The first-order chi connectivity index (χ1) is 13.3. The smallest absolute Gasteiger partial charge is 0.200 e. The van der Waals surface area contributed by atoms with E-state index in [0.717, 1.165) is 43.1 Å². The van der Waals surface area contributed by atoms with E-state index in [0.29, 0.717) is 0 Å². The highest BCUT2D eigenvalue weighted by molar-refractivity contribution is 7.92. The van der Waals surface area contributed by atoms with Gasteiger partial charge in [-0.15, -0.1) is 10.2 Å². The van der Waals surface area contributed by atoms with E-state index in [1.54, 1.807) is 33.0 Å². The van der Waals surface area contributed by atoms with E-state index in [1.807, 2.05) is 34.9 Å². The standard InChI is InChI=1S/C20H25N5O2S/c1-20(2,3)28(26,27)18-10-9-16(13-21-18)24-11-6-7-15(14-24)19-23-22-17-8-4-5-12-25(17)19/h4-5,8-10,12-13,15H,6-7,11,14H2,1-3H3. The third kappa shape index (κ3) is 3.26. The predicted molar refractivity (Wildman–Crippen MR) is 108 cm³/mol. The number of fused-ring (bicyclic) bond motifs is 1. The summed E-state index contributed by atoms with van der Waals surface area (Å²) < 4.78 is 26.3. The Balaban J connectivity index is 1.57. The Hall–Kier alpha value is -2.48. The van der Waals surface area contributed by atoms with Gasteiger partial charge in [0.15, 0.2) is 20.5 Å². The molecule has 1 fully saturated rings. The predicted octanol–water partition coefficient (Wildman–Crippen LogP) is 3.08. The van der Waals surface area contributed by atoms with Crippen LogP contribution in [0.4, 0.5) is 5.69 Å². The number of aromatic nitrogens is 4. The fourth-order valence-corrected chi connectivity index (χ4v) is 4.66. The topological polar surface area (TPSA) is 80.5 Å². The van der Waals surface area contributed by atoms with Crippen molar-refractivity contribution in [1.82, 2.24) is 19.6 Å². The van der Waals surface area contributed by atoms with Crippen LogP contribution in [0.3, 0.4) is 0 Å². The Kier molecular flexibility index (Phi) is 4.61. The van der Waals surface area contributed by atoms with E-state index in [9.17, 15) is 8.42 Å². The minimum Gasteiger partial charge on any atom is -0.370 e. The molecule has 1 atom stereocenters. The SMILES string of the molecule is CC(C)(C)S(=O)(=O)c1ccc(N2CCCC(c3nnc4ccccn34)C2)cn1. The third-order valence-corrected chi connectivity index (χ3v) is 7.70. The van der Waals surface area contributed by atoms with E-state index < -0.39 is 14.6 Å². The minimum atomic E-state index is -3.45. The number of anilines is 1. The molecule has 0 radical (unpaired) electrons. The summed E-state index contributed by atoms with van der Waals surface area (Å²) in [4.78, 5) is 6.52.